The normalized spacial score (nSPS) is 16.9. The molecule has 3 N–H and O–H groups in total. The smallest absolute Gasteiger partial charge is 0.407 e. The summed E-state index contributed by atoms with van der Waals surface area (Å²) in [4.78, 5) is 45.9. The number of aromatic nitrogens is 4. The zero-order valence-electron chi connectivity index (χ0n) is 33.8. The second-order valence-electron chi connectivity index (χ2n) is 16.5. The summed E-state index contributed by atoms with van der Waals surface area (Å²) in [6.45, 7) is 11.7. The summed E-state index contributed by atoms with van der Waals surface area (Å²) in [6, 6.07) is 15.0. The van der Waals surface area contributed by atoms with E-state index in [1.54, 1.807) is 0 Å². The number of fused-ring (bicyclic) bond motifs is 4. The molecule has 1 unspecified atom stereocenters. The summed E-state index contributed by atoms with van der Waals surface area (Å²) in [5.74, 6) is 2.99. The average molecular weight is 745 g/mol. The van der Waals surface area contributed by atoms with Crippen molar-refractivity contribution in [2.75, 3.05) is 13.7 Å². The molecule has 3 atom stereocenters. The van der Waals surface area contributed by atoms with Crippen LogP contribution in [0.2, 0.25) is 0 Å². The minimum absolute atomic E-state index is 0.0421. The fourth-order valence-electron chi connectivity index (χ4n) is 9.26. The van der Waals surface area contributed by atoms with Crippen molar-refractivity contribution in [1.29, 1.82) is 0 Å². The van der Waals surface area contributed by atoms with Gasteiger partial charge in [-0.3, -0.25) is 4.79 Å². The van der Waals surface area contributed by atoms with Crippen molar-refractivity contribution in [2.24, 2.45) is 11.8 Å². The molecule has 0 bridgehead atoms. The summed E-state index contributed by atoms with van der Waals surface area (Å²) < 4.78 is 4.96. The fraction of sp³-hybridized carbons (Fsp3) is 0.522. The highest BCUT2D eigenvalue weighted by atomic mass is 16.5. The van der Waals surface area contributed by atoms with Crippen LogP contribution in [0.15, 0.2) is 48.7 Å². The standard InChI is InChI=1S/C46H60N6O3/c1-7-12-30(13-8-2)41(51-46(54)55-6)45(53)52-25-11-16-40(52)44-47-27-39(49-44)37-23-22-33(35-14-9-10-15-36(35)37)31-19-21-34-32(26-31)20-24-38-42(34)50-43(48-38)29(5)18-17-28(3)4/h19-24,26-30,40-41H,7-18,25H2,1-6H3,(H,47,49)(H,48,50)(H,51,54)/t29?,40-,41-/m0/s1. The maximum Gasteiger partial charge on any atom is 0.407 e. The van der Waals surface area contributed by atoms with Crippen molar-refractivity contribution in [1.82, 2.24) is 30.2 Å². The van der Waals surface area contributed by atoms with Crippen LogP contribution in [-0.4, -0.2) is 56.5 Å². The van der Waals surface area contributed by atoms with Gasteiger partial charge in [-0.25, -0.2) is 14.8 Å². The Morgan fingerprint density at radius 2 is 1.65 bits per heavy atom. The lowest BCUT2D eigenvalue weighted by Crippen LogP contribution is -2.52. The third-order valence-corrected chi connectivity index (χ3v) is 12.2. The molecule has 3 aromatic carbocycles. The van der Waals surface area contributed by atoms with Gasteiger partial charge in [0, 0.05) is 23.4 Å². The Labute approximate surface area is 326 Å². The van der Waals surface area contributed by atoms with Crippen molar-refractivity contribution in [2.45, 2.75) is 130 Å². The number of nitrogens with zero attached hydrogens (tertiary/aromatic N) is 3. The van der Waals surface area contributed by atoms with Gasteiger partial charge < -0.3 is 24.9 Å². The molecule has 2 aliphatic rings. The Bertz CT molecular complexity index is 2120. The highest BCUT2D eigenvalue weighted by molar-refractivity contribution is 6.05. The number of imidazole rings is 2. The molecule has 2 amide bonds. The second-order valence-corrected chi connectivity index (χ2v) is 16.5. The van der Waals surface area contributed by atoms with Crippen molar-refractivity contribution in [3.63, 3.8) is 0 Å². The summed E-state index contributed by atoms with van der Waals surface area (Å²) >= 11 is 0. The van der Waals surface area contributed by atoms with Crippen LogP contribution in [0.1, 0.15) is 134 Å². The van der Waals surface area contributed by atoms with Crippen LogP contribution in [-0.2, 0) is 22.4 Å². The summed E-state index contributed by atoms with van der Waals surface area (Å²) in [5.41, 5.74) is 9.71. The lowest BCUT2D eigenvalue weighted by Gasteiger charge is -2.32. The first-order valence-electron chi connectivity index (χ1n) is 21.0. The van der Waals surface area contributed by atoms with E-state index in [-0.39, 0.29) is 17.9 Å². The Morgan fingerprint density at radius 3 is 2.38 bits per heavy atom. The van der Waals surface area contributed by atoms with Crippen LogP contribution in [0.5, 0.6) is 0 Å². The summed E-state index contributed by atoms with van der Waals surface area (Å²) in [5, 5.41) is 5.31. The molecule has 1 aliphatic carbocycles. The highest BCUT2D eigenvalue weighted by Crippen LogP contribution is 2.40. The number of aromatic amines is 2. The zero-order valence-corrected chi connectivity index (χ0v) is 33.8. The van der Waals surface area contributed by atoms with Crippen LogP contribution in [0.4, 0.5) is 4.79 Å². The monoisotopic (exact) mass is 744 g/mol. The Morgan fingerprint density at radius 1 is 0.909 bits per heavy atom. The van der Waals surface area contributed by atoms with Crippen LogP contribution in [0, 0.1) is 11.8 Å². The van der Waals surface area contributed by atoms with E-state index in [1.165, 1.54) is 58.5 Å². The van der Waals surface area contributed by atoms with E-state index in [9.17, 15) is 9.59 Å². The lowest BCUT2D eigenvalue weighted by atomic mass is 9.82. The number of alkyl carbamates (subject to hydrolysis) is 1. The first-order valence-corrected chi connectivity index (χ1v) is 21.0. The molecule has 3 heterocycles. The first kappa shape index (κ1) is 38.6. The molecule has 9 heteroatoms. The number of carbonyl (C=O) groups excluding carboxylic acids is 2. The molecule has 7 rings (SSSR count). The quantitative estimate of drug-likeness (QED) is 0.105. The predicted molar refractivity (Wildman–Crippen MR) is 222 cm³/mol. The van der Waals surface area contributed by atoms with Crippen molar-refractivity contribution >= 4 is 33.8 Å². The van der Waals surface area contributed by atoms with Crippen LogP contribution in [0.3, 0.4) is 0 Å². The minimum atomic E-state index is -0.622. The van der Waals surface area contributed by atoms with Gasteiger partial charge in [-0.1, -0.05) is 84.2 Å². The van der Waals surface area contributed by atoms with Crippen molar-refractivity contribution in [3.8, 4) is 22.4 Å². The number of methoxy groups -OCH3 is 1. The van der Waals surface area contributed by atoms with Gasteiger partial charge in [0.2, 0.25) is 5.91 Å². The number of amides is 2. The van der Waals surface area contributed by atoms with Gasteiger partial charge in [0.25, 0.3) is 0 Å². The van der Waals surface area contributed by atoms with E-state index >= 15 is 0 Å². The lowest BCUT2D eigenvalue weighted by molar-refractivity contribution is -0.136. The molecular formula is C46H60N6O3. The molecule has 0 spiro atoms. The van der Waals surface area contributed by atoms with Gasteiger partial charge in [-0.2, -0.15) is 0 Å². The Kier molecular flexibility index (Phi) is 11.9. The number of benzene rings is 3. The van der Waals surface area contributed by atoms with E-state index < -0.39 is 12.1 Å². The van der Waals surface area contributed by atoms with E-state index in [1.807, 2.05) is 11.1 Å². The molecule has 1 fully saturated rings. The summed E-state index contributed by atoms with van der Waals surface area (Å²) in [7, 11) is 1.35. The van der Waals surface area contributed by atoms with E-state index in [4.69, 9.17) is 14.7 Å². The third kappa shape index (κ3) is 8.03. The van der Waals surface area contributed by atoms with E-state index in [0.717, 1.165) is 92.6 Å². The van der Waals surface area contributed by atoms with Crippen molar-refractivity contribution in [3.05, 3.63) is 71.4 Å². The molecule has 1 aliphatic heterocycles. The average Bonchev–Trinajstić information content (AvgIpc) is 3.98. The van der Waals surface area contributed by atoms with Crippen molar-refractivity contribution < 1.29 is 14.3 Å². The minimum Gasteiger partial charge on any atom is -0.453 e. The van der Waals surface area contributed by atoms with Crippen LogP contribution in [0.25, 0.3) is 44.2 Å². The number of hydrogen-bond acceptors (Lipinski definition) is 5. The zero-order chi connectivity index (χ0) is 38.6. The molecule has 1 saturated heterocycles. The molecule has 2 aromatic heterocycles. The van der Waals surface area contributed by atoms with Crippen LogP contribution < -0.4 is 5.32 Å². The molecular weight excluding hydrogens is 685 g/mol. The molecule has 0 radical (unpaired) electrons. The highest BCUT2D eigenvalue weighted by Gasteiger charge is 2.39. The van der Waals surface area contributed by atoms with Gasteiger partial charge in [0.1, 0.15) is 17.7 Å². The molecule has 55 heavy (non-hydrogen) atoms. The Hall–Kier alpha value is -4.66. The van der Waals surface area contributed by atoms with Gasteiger partial charge in [-0.15, -0.1) is 0 Å². The fourth-order valence-corrected chi connectivity index (χ4v) is 9.26. The van der Waals surface area contributed by atoms with Gasteiger partial charge >= 0.3 is 6.09 Å². The number of ether oxygens (including phenoxy) is 1. The maximum atomic E-state index is 14.2. The SMILES string of the molecule is CCCC(CCC)[C@H](NC(=O)OC)C(=O)N1CCC[C@H]1c1ncc(-c2ccc(-c3ccc4c(ccc5[nH]c(C(C)CCC(C)C)nc54)c3)c3c2CCCC3)[nH]1. The maximum absolute atomic E-state index is 14.2. The number of rotatable bonds is 14. The van der Waals surface area contributed by atoms with Gasteiger partial charge in [-0.05, 0) is 109 Å². The topological polar surface area (TPSA) is 116 Å². The second kappa shape index (κ2) is 17.0. The van der Waals surface area contributed by atoms with Gasteiger partial charge in [0.05, 0.1) is 36.1 Å². The van der Waals surface area contributed by atoms with E-state index in [2.05, 4.69) is 92.4 Å². The van der Waals surface area contributed by atoms with Crippen LogP contribution >= 0.6 is 0 Å². The molecule has 5 aromatic rings. The number of likely N-dealkylation sites (tertiary alicyclic amines) is 1. The first-order chi connectivity index (χ1) is 26.7. The molecule has 0 saturated carbocycles. The van der Waals surface area contributed by atoms with Gasteiger partial charge in [0.15, 0.2) is 0 Å². The number of nitrogens with one attached hydrogen (secondary N) is 3. The number of carbonyl (C=O) groups is 2. The van der Waals surface area contributed by atoms with E-state index in [0.29, 0.717) is 18.4 Å². The summed E-state index contributed by atoms with van der Waals surface area (Å²) in [6.07, 6.45) is 13.5. The predicted octanol–water partition coefficient (Wildman–Crippen LogP) is 10.8. The molecule has 9 nitrogen and oxygen atoms in total. The number of H-pyrrole nitrogens is 2. The number of hydrogen-bond donors (Lipinski definition) is 3. The largest absolute Gasteiger partial charge is 0.453 e. The Balaban J connectivity index is 1.16. The third-order valence-electron chi connectivity index (χ3n) is 12.2. The molecule has 292 valence electrons.